The van der Waals surface area contributed by atoms with Crippen LogP contribution >= 0.6 is 0 Å². The smallest absolute Gasteiger partial charge is 0.224 e. The Hall–Kier alpha value is -1.95. The van der Waals surface area contributed by atoms with Gasteiger partial charge in [-0.05, 0) is 45.3 Å². The molecule has 3 rings (SSSR count). The average Bonchev–Trinajstić information content (AvgIpc) is 3.23. The number of piperidine rings is 1. The SMILES string of the molecule is CN(CCCNC(=O)[C@H]1CCC(=O)N(Cc2ccccc2F)C1)C1CCCC1. The highest BCUT2D eigenvalue weighted by atomic mass is 19.1. The van der Waals surface area contributed by atoms with Crippen molar-refractivity contribution in [2.45, 2.75) is 57.5 Å². The predicted octanol–water partition coefficient (Wildman–Crippen LogP) is 2.95. The fraction of sp³-hybridized carbons (Fsp3) is 0.636. The van der Waals surface area contributed by atoms with Gasteiger partial charge in [-0.25, -0.2) is 4.39 Å². The Morgan fingerprint density at radius 1 is 1.25 bits per heavy atom. The summed E-state index contributed by atoms with van der Waals surface area (Å²) in [6.45, 7) is 2.24. The van der Waals surface area contributed by atoms with Crippen molar-refractivity contribution in [2.24, 2.45) is 5.92 Å². The molecule has 0 aromatic heterocycles. The lowest BCUT2D eigenvalue weighted by molar-refractivity contribution is -0.138. The van der Waals surface area contributed by atoms with E-state index in [1.807, 2.05) is 0 Å². The number of nitrogens with zero attached hydrogens (tertiary/aromatic N) is 2. The van der Waals surface area contributed by atoms with Crippen LogP contribution in [0.1, 0.15) is 50.5 Å². The molecule has 0 bridgehead atoms. The first-order chi connectivity index (χ1) is 13.5. The van der Waals surface area contributed by atoms with Crippen molar-refractivity contribution in [3.05, 3.63) is 35.6 Å². The monoisotopic (exact) mass is 389 g/mol. The van der Waals surface area contributed by atoms with Crippen LogP contribution in [0, 0.1) is 11.7 Å². The van der Waals surface area contributed by atoms with Gasteiger partial charge in [0.05, 0.1) is 5.92 Å². The largest absolute Gasteiger partial charge is 0.356 e. The maximum Gasteiger partial charge on any atom is 0.224 e. The van der Waals surface area contributed by atoms with E-state index in [-0.39, 0.29) is 30.1 Å². The van der Waals surface area contributed by atoms with E-state index in [0.29, 0.717) is 37.5 Å². The summed E-state index contributed by atoms with van der Waals surface area (Å²) in [5.41, 5.74) is 0.492. The van der Waals surface area contributed by atoms with Crippen LogP contribution in [0.25, 0.3) is 0 Å². The number of hydrogen-bond acceptors (Lipinski definition) is 3. The molecule has 1 aromatic rings. The van der Waals surface area contributed by atoms with Crippen LogP contribution in [0.2, 0.25) is 0 Å². The fourth-order valence-corrected chi connectivity index (χ4v) is 4.33. The molecule has 2 amide bonds. The molecule has 6 heteroatoms. The fourth-order valence-electron chi connectivity index (χ4n) is 4.33. The minimum atomic E-state index is -0.312. The molecule has 1 atom stereocenters. The van der Waals surface area contributed by atoms with Crippen molar-refractivity contribution in [2.75, 3.05) is 26.7 Å². The Bertz CT molecular complexity index is 676. The van der Waals surface area contributed by atoms with Gasteiger partial charge >= 0.3 is 0 Å². The van der Waals surface area contributed by atoms with Gasteiger partial charge in [-0.3, -0.25) is 9.59 Å². The van der Waals surface area contributed by atoms with Crippen LogP contribution in [0.4, 0.5) is 4.39 Å². The minimum Gasteiger partial charge on any atom is -0.356 e. The topological polar surface area (TPSA) is 52.7 Å². The molecule has 1 heterocycles. The molecule has 0 spiro atoms. The molecule has 0 radical (unpaired) electrons. The number of halogens is 1. The second-order valence-electron chi connectivity index (χ2n) is 8.16. The Labute approximate surface area is 167 Å². The van der Waals surface area contributed by atoms with E-state index < -0.39 is 0 Å². The molecule has 1 saturated carbocycles. The molecule has 5 nitrogen and oxygen atoms in total. The summed E-state index contributed by atoms with van der Waals surface area (Å²) < 4.78 is 13.9. The Kier molecular flexibility index (Phi) is 7.43. The summed E-state index contributed by atoms with van der Waals surface area (Å²) in [5.74, 6) is -0.523. The molecule has 154 valence electrons. The highest BCUT2D eigenvalue weighted by Crippen LogP contribution is 2.23. The summed E-state index contributed by atoms with van der Waals surface area (Å²) in [6, 6.07) is 7.19. The highest BCUT2D eigenvalue weighted by Gasteiger charge is 2.30. The highest BCUT2D eigenvalue weighted by molar-refractivity contribution is 5.83. The van der Waals surface area contributed by atoms with Crippen molar-refractivity contribution in [3.8, 4) is 0 Å². The van der Waals surface area contributed by atoms with Gasteiger partial charge in [0.15, 0.2) is 0 Å². The van der Waals surface area contributed by atoms with Crippen LogP contribution in [0.15, 0.2) is 24.3 Å². The Balaban J connectivity index is 1.42. The first-order valence-corrected chi connectivity index (χ1v) is 10.5. The maximum atomic E-state index is 13.9. The number of carbonyl (C=O) groups is 2. The molecule has 2 fully saturated rings. The number of rotatable bonds is 8. The van der Waals surface area contributed by atoms with Crippen molar-refractivity contribution < 1.29 is 14.0 Å². The summed E-state index contributed by atoms with van der Waals surface area (Å²) >= 11 is 0. The molecular formula is C22H32FN3O2. The normalized spacial score (nSPS) is 20.8. The molecule has 2 aliphatic rings. The predicted molar refractivity (Wildman–Crippen MR) is 107 cm³/mol. The number of benzene rings is 1. The lowest BCUT2D eigenvalue weighted by atomic mass is 9.96. The molecule has 1 aliphatic heterocycles. The third kappa shape index (κ3) is 5.53. The standard InChI is InChI=1S/C22H32FN3O2/c1-25(19-8-3-4-9-19)14-6-13-24-22(28)18-11-12-21(27)26(16-18)15-17-7-2-5-10-20(17)23/h2,5,7,10,18-19H,3-4,6,8-9,11-16H2,1H3,(H,24,28)/t18-/m0/s1. The van der Waals surface area contributed by atoms with E-state index in [4.69, 9.17) is 0 Å². The van der Waals surface area contributed by atoms with E-state index in [2.05, 4.69) is 17.3 Å². The summed E-state index contributed by atoms with van der Waals surface area (Å²) in [5, 5.41) is 3.03. The van der Waals surface area contributed by atoms with Crippen LogP contribution in [0.3, 0.4) is 0 Å². The zero-order valence-corrected chi connectivity index (χ0v) is 16.8. The molecule has 1 saturated heterocycles. The van der Waals surface area contributed by atoms with Crippen molar-refractivity contribution in [1.82, 2.24) is 15.1 Å². The zero-order chi connectivity index (χ0) is 19.9. The number of hydrogen-bond donors (Lipinski definition) is 1. The molecule has 0 unspecified atom stereocenters. The number of nitrogens with one attached hydrogen (secondary N) is 1. The summed E-state index contributed by atoms with van der Waals surface area (Å²) in [7, 11) is 2.17. The van der Waals surface area contributed by atoms with Gasteiger partial charge < -0.3 is 15.1 Å². The third-order valence-corrected chi connectivity index (χ3v) is 6.12. The van der Waals surface area contributed by atoms with Gasteiger partial charge in [-0.1, -0.05) is 31.0 Å². The van der Waals surface area contributed by atoms with E-state index in [0.717, 1.165) is 13.0 Å². The Morgan fingerprint density at radius 2 is 2.00 bits per heavy atom. The van der Waals surface area contributed by atoms with Gasteiger partial charge in [-0.15, -0.1) is 0 Å². The van der Waals surface area contributed by atoms with Crippen LogP contribution in [-0.4, -0.2) is 54.3 Å². The quantitative estimate of drug-likeness (QED) is 0.696. The van der Waals surface area contributed by atoms with Gasteiger partial charge in [0.2, 0.25) is 11.8 Å². The first-order valence-electron chi connectivity index (χ1n) is 10.5. The van der Waals surface area contributed by atoms with Crippen LogP contribution in [-0.2, 0) is 16.1 Å². The van der Waals surface area contributed by atoms with Crippen molar-refractivity contribution in [1.29, 1.82) is 0 Å². The maximum absolute atomic E-state index is 13.9. The van der Waals surface area contributed by atoms with Crippen LogP contribution in [0.5, 0.6) is 0 Å². The van der Waals surface area contributed by atoms with Crippen LogP contribution < -0.4 is 5.32 Å². The van der Waals surface area contributed by atoms with Gasteiger partial charge in [0.25, 0.3) is 0 Å². The zero-order valence-electron chi connectivity index (χ0n) is 16.8. The van der Waals surface area contributed by atoms with E-state index in [1.54, 1.807) is 23.1 Å². The molecular weight excluding hydrogens is 357 g/mol. The second-order valence-corrected chi connectivity index (χ2v) is 8.16. The number of carbonyl (C=O) groups excluding carboxylic acids is 2. The molecule has 28 heavy (non-hydrogen) atoms. The number of likely N-dealkylation sites (tertiary alicyclic amines) is 1. The van der Waals surface area contributed by atoms with Crippen molar-refractivity contribution >= 4 is 11.8 Å². The lowest BCUT2D eigenvalue weighted by Crippen LogP contribution is -2.45. The van der Waals surface area contributed by atoms with E-state index >= 15 is 0 Å². The Morgan fingerprint density at radius 3 is 2.75 bits per heavy atom. The van der Waals surface area contributed by atoms with E-state index in [9.17, 15) is 14.0 Å². The third-order valence-electron chi connectivity index (χ3n) is 6.12. The van der Waals surface area contributed by atoms with Gasteiger partial charge in [0.1, 0.15) is 5.82 Å². The second kappa shape index (κ2) is 10.0. The molecule has 1 aromatic carbocycles. The molecule has 1 aliphatic carbocycles. The lowest BCUT2D eigenvalue weighted by Gasteiger charge is -2.32. The summed E-state index contributed by atoms with van der Waals surface area (Å²) in [6.07, 6.45) is 7.08. The van der Waals surface area contributed by atoms with E-state index in [1.165, 1.54) is 31.7 Å². The molecule has 1 N–H and O–H groups in total. The minimum absolute atomic E-state index is 0.00880. The summed E-state index contributed by atoms with van der Waals surface area (Å²) in [4.78, 5) is 28.8. The average molecular weight is 390 g/mol. The first kappa shape index (κ1) is 20.8. The number of amides is 2. The van der Waals surface area contributed by atoms with Crippen molar-refractivity contribution in [3.63, 3.8) is 0 Å². The van der Waals surface area contributed by atoms with Gasteiger partial charge in [-0.2, -0.15) is 0 Å². The van der Waals surface area contributed by atoms with Gasteiger partial charge in [0, 0.05) is 37.7 Å².